The fraction of sp³-hybridized carbons (Fsp3) is 1.00. The summed E-state index contributed by atoms with van der Waals surface area (Å²) in [6.07, 6.45) is 0.454. The molecule has 0 aliphatic heterocycles. The van der Waals surface area contributed by atoms with Gasteiger partial charge in [-0.3, -0.25) is 0 Å². The van der Waals surface area contributed by atoms with E-state index in [1.807, 2.05) is 27.7 Å². The summed E-state index contributed by atoms with van der Waals surface area (Å²) in [5, 5.41) is 9.10. The molecule has 62 valence electrons. The molecule has 1 atom stereocenters. The Kier molecular flexibility index (Phi) is 3.91. The molecule has 2 heteroatoms. The van der Waals surface area contributed by atoms with Crippen LogP contribution in [0.1, 0.15) is 34.1 Å². The molecule has 0 aromatic heterocycles. The minimum Gasteiger partial charge on any atom is -0.391 e. The zero-order valence-corrected chi connectivity index (χ0v) is 7.35. The molecule has 0 spiro atoms. The van der Waals surface area contributed by atoms with Crippen LogP contribution in [0.25, 0.3) is 0 Å². The molecule has 0 radical (unpaired) electrons. The van der Waals surface area contributed by atoms with Crippen LogP contribution in [0.3, 0.4) is 0 Å². The highest BCUT2D eigenvalue weighted by Gasteiger charge is 2.11. The van der Waals surface area contributed by atoms with Gasteiger partial charge in [0.25, 0.3) is 0 Å². The Balaban J connectivity index is 3.36. The van der Waals surface area contributed by atoms with Gasteiger partial charge in [-0.2, -0.15) is 0 Å². The highest BCUT2D eigenvalue weighted by atomic mass is 16.5. The Morgan fingerprint density at radius 2 is 1.90 bits per heavy atom. The minimum atomic E-state index is -0.306. The Labute approximate surface area is 63.2 Å². The van der Waals surface area contributed by atoms with Crippen molar-refractivity contribution in [3.05, 3.63) is 0 Å². The summed E-state index contributed by atoms with van der Waals surface area (Å²) in [6.45, 7) is 8.33. The molecule has 2 nitrogen and oxygen atoms in total. The highest BCUT2D eigenvalue weighted by molar-refractivity contribution is 4.60. The van der Waals surface area contributed by atoms with Crippen molar-refractivity contribution in [2.24, 2.45) is 0 Å². The zero-order chi connectivity index (χ0) is 8.20. The molecule has 0 aromatic carbocycles. The molecule has 0 rings (SSSR count). The van der Waals surface area contributed by atoms with Gasteiger partial charge in [0.15, 0.2) is 0 Å². The third-order valence-corrected chi connectivity index (χ3v) is 1.18. The van der Waals surface area contributed by atoms with Crippen LogP contribution in [0.4, 0.5) is 0 Å². The quantitative estimate of drug-likeness (QED) is 0.655. The molecule has 0 heterocycles. The number of aliphatic hydroxyl groups is 1. The second kappa shape index (κ2) is 3.94. The van der Waals surface area contributed by atoms with Gasteiger partial charge in [-0.05, 0) is 27.2 Å². The molecular weight excluding hydrogens is 128 g/mol. The minimum absolute atomic E-state index is 0.129. The van der Waals surface area contributed by atoms with E-state index in [0.717, 1.165) is 6.42 Å². The van der Waals surface area contributed by atoms with E-state index in [0.29, 0.717) is 6.61 Å². The molecule has 0 aliphatic rings. The third-order valence-electron chi connectivity index (χ3n) is 1.18. The van der Waals surface area contributed by atoms with Crippen molar-refractivity contribution in [3.63, 3.8) is 0 Å². The molecule has 1 N–H and O–H groups in total. The summed E-state index contributed by atoms with van der Waals surface area (Å²) in [6, 6.07) is 0. The number of ether oxygens (including phenoxy) is 1. The van der Waals surface area contributed by atoms with Gasteiger partial charge >= 0.3 is 0 Å². The number of aliphatic hydroxyl groups excluding tert-OH is 1. The van der Waals surface area contributed by atoms with E-state index >= 15 is 0 Å². The van der Waals surface area contributed by atoms with Crippen LogP contribution in [-0.2, 0) is 4.74 Å². The first-order valence-electron chi connectivity index (χ1n) is 3.77. The summed E-state index contributed by atoms with van der Waals surface area (Å²) in [4.78, 5) is 0. The smallest absolute Gasteiger partial charge is 0.0771 e. The average molecular weight is 146 g/mol. The Morgan fingerprint density at radius 3 is 2.20 bits per heavy atom. The summed E-state index contributed by atoms with van der Waals surface area (Å²) in [7, 11) is 0. The summed E-state index contributed by atoms with van der Waals surface area (Å²) < 4.78 is 5.33. The first-order chi connectivity index (χ1) is 4.45. The first-order valence-corrected chi connectivity index (χ1v) is 3.77. The van der Waals surface area contributed by atoms with Gasteiger partial charge in [-0.1, -0.05) is 6.92 Å². The van der Waals surface area contributed by atoms with E-state index in [1.54, 1.807) is 0 Å². The lowest BCUT2D eigenvalue weighted by Crippen LogP contribution is -2.25. The lowest BCUT2D eigenvalue weighted by molar-refractivity contribution is -0.0492. The fourth-order valence-electron chi connectivity index (χ4n) is 0.464. The summed E-state index contributed by atoms with van der Waals surface area (Å²) >= 11 is 0. The van der Waals surface area contributed by atoms with E-state index in [2.05, 4.69) is 0 Å². The van der Waals surface area contributed by atoms with Crippen molar-refractivity contribution in [1.29, 1.82) is 0 Å². The van der Waals surface area contributed by atoms with Crippen molar-refractivity contribution < 1.29 is 9.84 Å². The van der Waals surface area contributed by atoms with E-state index in [1.165, 1.54) is 0 Å². The van der Waals surface area contributed by atoms with Crippen molar-refractivity contribution in [2.45, 2.75) is 45.8 Å². The first kappa shape index (κ1) is 9.92. The van der Waals surface area contributed by atoms with E-state index in [-0.39, 0.29) is 11.7 Å². The van der Waals surface area contributed by atoms with Crippen LogP contribution in [0.15, 0.2) is 0 Å². The number of hydrogen-bond donors (Lipinski definition) is 1. The Morgan fingerprint density at radius 1 is 1.40 bits per heavy atom. The largest absolute Gasteiger partial charge is 0.391 e. The van der Waals surface area contributed by atoms with E-state index in [4.69, 9.17) is 9.84 Å². The molecule has 0 bridgehead atoms. The van der Waals surface area contributed by atoms with Crippen LogP contribution in [-0.4, -0.2) is 23.4 Å². The Bertz CT molecular complexity index is 83.7. The van der Waals surface area contributed by atoms with Crippen molar-refractivity contribution >= 4 is 0 Å². The lowest BCUT2D eigenvalue weighted by atomic mass is 10.2. The lowest BCUT2D eigenvalue weighted by Gasteiger charge is -2.21. The van der Waals surface area contributed by atoms with Crippen LogP contribution >= 0.6 is 0 Å². The topological polar surface area (TPSA) is 29.5 Å². The summed E-state index contributed by atoms with van der Waals surface area (Å²) in [5.41, 5.74) is -0.129. The van der Waals surface area contributed by atoms with Gasteiger partial charge in [0, 0.05) is 0 Å². The maximum Gasteiger partial charge on any atom is 0.0771 e. The van der Waals surface area contributed by atoms with Gasteiger partial charge in [-0.25, -0.2) is 0 Å². The molecule has 0 amide bonds. The average Bonchev–Trinajstić information content (AvgIpc) is 1.81. The summed E-state index contributed by atoms with van der Waals surface area (Å²) in [5.74, 6) is 0. The Hall–Kier alpha value is -0.0800. The molecule has 0 saturated carbocycles. The second-order valence-corrected chi connectivity index (χ2v) is 3.49. The van der Waals surface area contributed by atoms with Gasteiger partial charge in [0.2, 0.25) is 0 Å². The second-order valence-electron chi connectivity index (χ2n) is 3.49. The van der Waals surface area contributed by atoms with Gasteiger partial charge < -0.3 is 9.84 Å². The normalized spacial score (nSPS) is 15.3. The number of hydrogen-bond acceptors (Lipinski definition) is 2. The van der Waals surface area contributed by atoms with Crippen molar-refractivity contribution in [2.75, 3.05) is 6.61 Å². The highest BCUT2D eigenvalue weighted by Crippen LogP contribution is 2.07. The maximum absolute atomic E-state index is 9.10. The molecule has 0 saturated heterocycles. The van der Waals surface area contributed by atoms with Crippen LogP contribution < -0.4 is 0 Å². The van der Waals surface area contributed by atoms with Crippen LogP contribution in [0, 0.1) is 0 Å². The van der Waals surface area contributed by atoms with Crippen molar-refractivity contribution in [3.8, 4) is 0 Å². The molecule has 0 fully saturated rings. The molecule has 0 aliphatic carbocycles. The van der Waals surface area contributed by atoms with Crippen LogP contribution in [0.2, 0.25) is 0 Å². The predicted octanol–water partition coefficient (Wildman–Crippen LogP) is 1.57. The monoisotopic (exact) mass is 146 g/mol. The van der Waals surface area contributed by atoms with E-state index in [9.17, 15) is 0 Å². The van der Waals surface area contributed by atoms with Crippen LogP contribution in [0.5, 0.6) is 0 Å². The van der Waals surface area contributed by atoms with Crippen molar-refractivity contribution in [1.82, 2.24) is 0 Å². The maximum atomic E-state index is 9.10. The molecule has 0 aromatic rings. The SMILES string of the molecule is CC[C@@H](O)COC(C)(C)C. The standard InChI is InChI=1S/C8H18O2/c1-5-7(9)6-10-8(2,3)4/h7,9H,5-6H2,1-4H3/t7-/m1/s1. The van der Waals surface area contributed by atoms with Gasteiger partial charge in [0.05, 0.1) is 18.3 Å². The van der Waals surface area contributed by atoms with Gasteiger partial charge in [-0.15, -0.1) is 0 Å². The predicted molar refractivity (Wildman–Crippen MR) is 42.0 cm³/mol. The fourth-order valence-corrected chi connectivity index (χ4v) is 0.464. The molecule has 10 heavy (non-hydrogen) atoms. The number of rotatable bonds is 3. The third kappa shape index (κ3) is 6.05. The molecule has 0 unspecified atom stereocenters. The van der Waals surface area contributed by atoms with E-state index < -0.39 is 0 Å². The zero-order valence-electron chi connectivity index (χ0n) is 7.35. The van der Waals surface area contributed by atoms with Gasteiger partial charge in [0.1, 0.15) is 0 Å². The molecular formula is C8H18O2.